The van der Waals surface area contributed by atoms with E-state index in [9.17, 15) is 0 Å². The summed E-state index contributed by atoms with van der Waals surface area (Å²) in [5.41, 5.74) is 4.16. The second kappa shape index (κ2) is 7.91. The fourth-order valence-corrected chi connectivity index (χ4v) is 3.24. The smallest absolute Gasteiger partial charge is 0.175 e. The van der Waals surface area contributed by atoms with Crippen molar-refractivity contribution in [2.45, 2.75) is 33.6 Å². The van der Waals surface area contributed by atoms with Crippen LogP contribution in [0.2, 0.25) is 0 Å². The van der Waals surface area contributed by atoms with Gasteiger partial charge in [0.2, 0.25) is 0 Å². The number of nitrogens with zero attached hydrogens (tertiary/aromatic N) is 1. The molecule has 4 nitrogen and oxygen atoms in total. The minimum Gasteiger partial charge on any atom is -0.490 e. The van der Waals surface area contributed by atoms with E-state index in [1.807, 2.05) is 25.1 Å². The van der Waals surface area contributed by atoms with Gasteiger partial charge in [-0.05, 0) is 66.0 Å². The molecule has 0 amide bonds. The summed E-state index contributed by atoms with van der Waals surface area (Å²) in [7, 11) is 0. The van der Waals surface area contributed by atoms with E-state index in [0.29, 0.717) is 13.2 Å². The zero-order chi connectivity index (χ0) is 17.8. The predicted octanol–water partition coefficient (Wildman–Crippen LogP) is 5.88. The standard InChI is InChI=1S/C20H23BrN2O2/c1-4-6-9-25-19-15(21)11-14(12-18(19)24-5-2)20-22-16-8-7-13(3)10-17(16)23-20/h7-8,10-12H,4-6,9H2,1-3H3,(H,22,23). The maximum atomic E-state index is 5.92. The van der Waals surface area contributed by atoms with Crippen LogP contribution in [0.3, 0.4) is 0 Å². The Morgan fingerprint density at radius 1 is 1.12 bits per heavy atom. The van der Waals surface area contributed by atoms with Crippen LogP contribution in [0.15, 0.2) is 34.8 Å². The fraction of sp³-hybridized carbons (Fsp3) is 0.350. The molecule has 2 aromatic carbocycles. The summed E-state index contributed by atoms with van der Waals surface area (Å²) < 4.78 is 12.6. The van der Waals surface area contributed by atoms with Crippen LogP contribution in [0.4, 0.5) is 0 Å². The average Bonchev–Trinajstić information content (AvgIpc) is 3.00. The molecule has 0 saturated carbocycles. The molecule has 0 radical (unpaired) electrons. The maximum Gasteiger partial charge on any atom is 0.175 e. The Bertz CT molecular complexity index is 874. The van der Waals surface area contributed by atoms with E-state index >= 15 is 0 Å². The lowest BCUT2D eigenvalue weighted by Crippen LogP contribution is -2.02. The SMILES string of the molecule is CCCCOc1c(Br)cc(-c2nc3ccc(C)cc3[nH]2)cc1OCC. The largest absolute Gasteiger partial charge is 0.490 e. The summed E-state index contributed by atoms with van der Waals surface area (Å²) in [4.78, 5) is 8.09. The molecule has 1 aromatic heterocycles. The Hall–Kier alpha value is -2.01. The van der Waals surface area contributed by atoms with Crippen LogP contribution in [0.1, 0.15) is 32.3 Å². The summed E-state index contributed by atoms with van der Waals surface area (Å²) in [6.07, 6.45) is 2.11. The second-order valence-corrected chi connectivity index (χ2v) is 6.88. The Morgan fingerprint density at radius 2 is 1.96 bits per heavy atom. The molecule has 1 heterocycles. The molecule has 0 aliphatic rings. The zero-order valence-corrected chi connectivity index (χ0v) is 16.4. The van der Waals surface area contributed by atoms with Gasteiger partial charge in [-0.15, -0.1) is 0 Å². The zero-order valence-electron chi connectivity index (χ0n) is 14.9. The topological polar surface area (TPSA) is 47.1 Å². The highest BCUT2D eigenvalue weighted by atomic mass is 79.9. The van der Waals surface area contributed by atoms with Crippen molar-refractivity contribution in [2.75, 3.05) is 13.2 Å². The summed E-state index contributed by atoms with van der Waals surface area (Å²) in [5.74, 6) is 2.31. The second-order valence-electron chi connectivity index (χ2n) is 6.03. The van der Waals surface area contributed by atoms with E-state index in [1.54, 1.807) is 0 Å². The Balaban J connectivity index is 2.00. The summed E-state index contributed by atoms with van der Waals surface area (Å²) >= 11 is 3.63. The third-order valence-corrected chi connectivity index (χ3v) is 4.55. The summed E-state index contributed by atoms with van der Waals surface area (Å²) in [6.45, 7) is 7.46. The van der Waals surface area contributed by atoms with Crippen molar-refractivity contribution in [3.63, 3.8) is 0 Å². The molecule has 0 spiro atoms. The van der Waals surface area contributed by atoms with E-state index < -0.39 is 0 Å². The van der Waals surface area contributed by atoms with Gasteiger partial charge in [-0.25, -0.2) is 4.98 Å². The van der Waals surface area contributed by atoms with Gasteiger partial charge < -0.3 is 14.5 Å². The Morgan fingerprint density at radius 3 is 2.72 bits per heavy atom. The lowest BCUT2D eigenvalue weighted by Gasteiger charge is -2.14. The van der Waals surface area contributed by atoms with Crippen LogP contribution in [-0.2, 0) is 0 Å². The third kappa shape index (κ3) is 3.98. The van der Waals surface area contributed by atoms with Gasteiger partial charge in [0.1, 0.15) is 5.82 Å². The van der Waals surface area contributed by atoms with Crippen molar-refractivity contribution in [2.24, 2.45) is 0 Å². The first-order valence-electron chi connectivity index (χ1n) is 8.68. The fourth-order valence-electron chi connectivity index (χ4n) is 2.69. The van der Waals surface area contributed by atoms with Crippen molar-refractivity contribution in [3.05, 3.63) is 40.4 Å². The first kappa shape index (κ1) is 17.8. The molecule has 0 aliphatic carbocycles. The number of H-pyrrole nitrogens is 1. The van der Waals surface area contributed by atoms with Gasteiger partial charge in [0.05, 0.1) is 28.7 Å². The number of aromatic nitrogens is 2. The van der Waals surface area contributed by atoms with Crippen molar-refractivity contribution in [1.29, 1.82) is 0 Å². The van der Waals surface area contributed by atoms with Crippen molar-refractivity contribution in [1.82, 2.24) is 9.97 Å². The predicted molar refractivity (Wildman–Crippen MR) is 106 cm³/mol. The van der Waals surface area contributed by atoms with Crippen LogP contribution in [-0.4, -0.2) is 23.2 Å². The Labute approximate surface area is 156 Å². The number of hydrogen-bond acceptors (Lipinski definition) is 3. The molecule has 3 rings (SSSR count). The molecule has 132 valence electrons. The molecular formula is C20H23BrN2O2. The lowest BCUT2D eigenvalue weighted by atomic mass is 10.2. The molecule has 25 heavy (non-hydrogen) atoms. The third-order valence-electron chi connectivity index (χ3n) is 3.96. The molecule has 0 bridgehead atoms. The molecule has 0 saturated heterocycles. The van der Waals surface area contributed by atoms with E-state index in [1.165, 1.54) is 5.56 Å². The monoisotopic (exact) mass is 402 g/mol. The highest BCUT2D eigenvalue weighted by Gasteiger charge is 2.15. The highest BCUT2D eigenvalue weighted by Crippen LogP contribution is 2.39. The van der Waals surface area contributed by atoms with Crippen molar-refractivity contribution in [3.8, 4) is 22.9 Å². The number of aromatic amines is 1. The molecule has 5 heteroatoms. The number of halogens is 1. The molecule has 0 aliphatic heterocycles. The van der Waals surface area contributed by atoms with Crippen LogP contribution in [0.25, 0.3) is 22.4 Å². The van der Waals surface area contributed by atoms with Gasteiger partial charge in [0, 0.05) is 5.56 Å². The van der Waals surface area contributed by atoms with Gasteiger partial charge in [-0.1, -0.05) is 19.4 Å². The number of hydrogen-bond donors (Lipinski definition) is 1. The van der Waals surface area contributed by atoms with Crippen LogP contribution in [0, 0.1) is 6.92 Å². The molecular weight excluding hydrogens is 380 g/mol. The number of aryl methyl sites for hydroxylation is 1. The van der Waals surface area contributed by atoms with Crippen LogP contribution < -0.4 is 9.47 Å². The molecule has 0 fully saturated rings. The van der Waals surface area contributed by atoms with Gasteiger partial charge in [0.15, 0.2) is 11.5 Å². The summed E-state index contributed by atoms with van der Waals surface area (Å²) in [5, 5.41) is 0. The molecule has 0 atom stereocenters. The molecule has 3 aromatic rings. The van der Waals surface area contributed by atoms with Crippen molar-refractivity contribution < 1.29 is 9.47 Å². The number of ether oxygens (including phenoxy) is 2. The normalized spacial score (nSPS) is 11.0. The number of nitrogens with one attached hydrogen (secondary N) is 1. The summed E-state index contributed by atoms with van der Waals surface area (Å²) in [6, 6.07) is 10.2. The minimum atomic E-state index is 0.583. The number of imidazole rings is 1. The highest BCUT2D eigenvalue weighted by molar-refractivity contribution is 9.10. The Kier molecular flexibility index (Phi) is 5.63. The minimum absolute atomic E-state index is 0.583. The van der Waals surface area contributed by atoms with Gasteiger partial charge in [-0.3, -0.25) is 0 Å². The number of benzene rings is 2. The van der Waals surface area contributed by atoms with E-state index in [2.05, 4.69) is 46.9 Å². The van der Waals surface area contributed by atoms with Gasteiger partial charge in [-0.2, -0.15) is 0 Å². The van der Waals surface area contributed by atoms with E-state index in [0.717, 1.165) is 51.2 Å². The number of rotatable bonds is 7. The molecule has 1 N–H and O–H groups in total. The van der Waals surface area contributed by atoms with Crippen LogP contribution in [0.5, 0.6) is 11.5 Å². The van der Waals surface area contributed by atoms with Crippen molar-refractivity contribution >= 4 is 27.0 Å². The van der Waals surface area contributed by atoms with Gasteiger partial charge in [0.25, 0.3) is 0 Å². The quantitative estimate of drug-likeness (QED) is 0.502. The van der Waals surface area contributed by atoms with Gasteiger partial charge >= 0.3 is 0 Å². The maximum absolute atomic E-state index is 5.92. The van der Waals surface area contributed by atoms with Crippen LogP contribution >= 0.6 is 15.9 Å². The first-order valence-corrected chi connectivity index (χ1v) is 9.47. The van der Waals surface area contributed by atoms with E-state index in [-0.39, 0.29) is 0 Å². The number of unbranched alkanes of at least 4 members (excludes halogenated alkanes) is 1. The average molecular weight is 403 g/mol. The first-order chi connectivity index (χ1) is 12.1. The van der Waals surface area contributed by atoms with E-state index in [4.69, 9.17) is 14.5 Å². The number of fused-ring (bicyclic) bond motifs is 1. The molecule has 0 unspecified atom stereocenters. The lowest BCUT2D eigenvalue weighted by molar-refractivity contribution is 0.271.